The van der Waals surface area contributed by atoms with Crippen molar-refractivity contribution < 1.29 is 19.0 Å². The molecule has 1 aromatic carbocycles. The molecule has 1 aromatic rings. The maximum atomic E-state index is 11.1. The molecule has 7 nitrogen and oxygen atoms in total. The van der Waals surface area contributed by atoms with Crippen LogP contribution in [0.1, 0.15) is 51.6 Å². The van der Waals surface area contributed by atoms with Gasteiger partial charge in [-0.15, -0.1) is 24.0 Å². The third-order valence-corrected chi connectivity index (χ3v) is 3.97. The van der Waals surface area contributed by atoms with Gasteiger partial charge in [0.1, 0.15) is 0 Å². The Kier molecular flexibility index (Phi) is 14.3. The fraction of sp³-hybridized carbons (Fsp3) is 0.600. The first kappa shape index (κ1) is 26.3. The third kappa shape index (κ3) is 9.48. The number of esters is 1. The third-order valence-electron chi connectivity index (χ3n) is 3.97. The summed E-state index contributed by atoms with van der Waals surface area (Å²) in [7, 11) is 3.14. The van der Waals surface area contributed by atoms with Gasteiger partial charge >= 0.3 is 5.97 Å². The van der Waals surface area contributed by atoms with Crippen LogP contribution in [0.2, 0.25) is 0 Å². The SMILES string of the molecule is CCOc1ccc(C(C)NC(=NC)NCCCCC(=O)OC)cc1OCC.I. The fourth-order valence-electron chi connectivity index (χ4n) is 2.52. The van der Waals surface area contributed by atoms with Crippen molar-refractivity contribution in [2.75, 3.05) is 33.9 Å². The molecule has 0 aliphatic rings. The molecule has 0 saturated heterocycles. The van der Waals surface area contributed by atoms with Gasteiger partial charge in [0, 0.05) is 20.0 Å². The summed E-state index contributed by atoms with van der Waals surface area (Å²) in [6, 6.07) is 6.00. The van der Waals surface area contributed by atoms with Gasteiger partial charge in [-0.3, -0.25) is 9.79 Å². The van der Waals surface area contributed by atoms with Gasteiger partial charge in [0.05, 0.1) is 26.4 Å². The molecule has 2 N–H and O–H groups in total. The number of hydrogen-bond donors (Lipinski definition) is 2. The van der Waals surface area contributed by atoms with Gasteiger partial charge in [-0.2, -0.15) is 0 Å². The number of rotatable bonds is 11. The van der Waals surface area contributed by atoms with E-state index in [0.29, 0.717) is 25.6 Å². The Hall–Kier alpha value is -1.71. The van der Waals surface area contributed by atoms with Crippen LogP contribution in [-0.2, 0) is 9.53 Å². The van der Waals surface area contributed by atoms with Gasteiger partial charge in [0.25, 0.3) is 0 Å². The molecule has 28 heavy (non-hydrogen) atoms. The van der Waals surface area contributed by atoms with E-state index in [1.807, 2.05) is 32.0 Å². The lowest BCUT2D eigenvalue weighted by Gasteiger charge is -2.20. The molecule has 0 fully saturated rings. The molecule has 0 amide bonds. The van der Waals surface area contributed by atoms with Crippen molar-refractivity contribution in [2.24, 2.45) is 4.99 Å². The second kappa shape index (κ2) is 15.2. The van der Waals surface area contributed by atoms with Crippen molar-refractivity contribution in [2.45, 2.75) is 46.1 Å². The quantitative estimate of drug-likeness (QED) is 0.157. The first-order chi connectivity index (χ1) is 13.0. The van der Waals surface area contributed by atoms with Crippen molar-refractivity contribution in [3.63, 3.8) is 0 Å². The first-order valence-electron chi connectivity index (χ1n) is 9.49. The van der Waals surface area contributed by atoms with E-state index in [-0.39, 0.29) is 36.0 Å². The molecule has 0 radical (unpaired) electrons. The highest BCUT2D eigenvalue weighted by molar-refractivity contribution is 14.0. The molecule has 0 aliphatic carbocycles. The molecule has 0 heterocycles. The molecule has 1 unspecified atom stereocenters. The van der Waals surface area contributed by atoms with E-state index in [1.54, 1.807) is 7.05 Å². The van der Waals surface area contributed by atoms with Gasteiger partial charge in [0.15, 0.2) is 17.5 Å². The Bertz CT molecular complexity index is 611. The zero-order valence-corrected chi connectivity index (χ0v) is 19.9. The number of nitrogens with zero attached hydrogens (tertiary/aromatic N) is 1. The molecule has 0 spiro atoms. The summed E-state index contributed by atoms with van der Waals surface area (Å²) in [5.74, 6) is 2.04. The van der Waals surface area contributed by atoms with Crippen molar-refractivity contribution in [1.29, 1.82) is 0 Å². The lowest BCUT2D eigenvalue weighted by molar-refractivity contribution is -0.140. The summed E-state index contributed by atoms with van der Waals surface area (Å²) < 4.78 is 15.9. The zero-order chi connectivity index (χ0) is 20.1. The minimum atomic E-state index is -0.174. The zero-order valence-electron chi connectivity index (χ0n) is 17.5. The molecular weight excluding hydrogens is 473 g/mol. The molecule has 0 aliphatic heterocycles. The number of guanidine groups is 1. The number of carbonyl (C=O) groups is 1. The van der Waals surface area contributed by atoms with Gasteiger partial charge in [-0.05, 0) is 51.3 Å². The molecular formula is C20H34IN3O4. The highest BCUT2D eigenvalue weighted by atomic mass is 127. The first-order valence-corrected chi connectivity index (χ1v) is 9.49. The number of carbonyl (C=O) groups excluding carboxylic acids is 1. The van der Waals surface area contributed by atoms with Crippen LogP contribution in [0.4, 0.5) is 0 Å². The normalized spacial score (nSPS) is 11.8. The summed E-state index contributed by atoms with van der Waals surface area (Å²) in [6.07, 6.45) is 2.08. The second-order valence-electron chi connectivity index (χ2n) is 5.97. The molecule has 1 atom stereocenters. The van der Waals surface area contributed by atoms with Crippen LogP contribution in [0.5, 0.6) is 11.5 Å². The summed E-state index contributed by atoms with van der Waals surface area (Å²) in [5.41, 5.74) is 1.08. The predicted molar refractivity (Wildman–Crippen MR) is 123 cm³/mol. The summed E-state index contributed by atoms with van der Waals surface area (Å²) in [5, 5.41) is 6.63. The van der Waals surface area contributed by atoms with Gasteiger partial charge in [-0.25, -0.2) is 0 Å². The average Bonchev–Trinajstić information content (AvgIpc) is 2.68. The summed E-state index contributed by atoms with van der Waals surface area (Å²) in [4.78, 5) is 15.4. The lowest BCUT2D eigenvalue weighted by Crippen LogP contribution is -2.39. The number of benzene rings is 1. The topological polar surface area (TPSA) is 81.2 Å². The van der Waals surface area contributed by atoms with Gasteiger partial charge in [-0.1, -0.05) is 6.07 Å². The Balaban J connectivity index is 0.00000729. The highest BCUT2D eigenvalue weighted by Crippen LogP contribution is 2.30. The number of hydrogen-bond acceptors (Lipinski definition) is 5. The largest absolute Gasteiger partial charge is 0.490 e. The number of unbranched alkanes of at least 4 members (excludes halogenated alkanes) is 1. The Labute approximate surface area is 185 Å². The van der Waals surface area contributed by atoms with Crippen LogP contribution >= 0.6 is 24.0 Å². The van der Waals surface area contributed by atoms with E-state index in [0.717, 1.165) is 36.4 Å². The van der Waals surface area contributed by atoms with Crippen LogP contribution in [0, 0.1) is 0 Å². The maximum Gasteiger partial charge on any atom is 0.305 e. The van der Waals surface area contributed by atoms with Crippen molar-refractivity contribution in [3.05, 3.63) is 23.8 Å². The van der Waals surface area contributed by atoms with Gasteiger partial charge < -0.3 is 24.8 Å². The minimum absolute atomic E-state index is 0. The van der Waals surface area contributed by atoms with Crippen LogP contribution in [0.25, 0.3) is 0 Å². The van der Waals surface area contributed by atoms with E-state index >= 15 is 0 Å². The number of methoxy groups -OCH3 is 1. The van der Waals surface area contributed by atoms with Crippen LogP contribution < -0.4 is 20.1 Å². The van der Waals surface area contributed by atoms with Crippen LogP contribution in [0.3, 0.4) is 0 Å². The van der Waals surface area contributed by atoms with E-state index in [1.165, 1.54) is 7.11 Å². The molecule has 0 aromatic heterocycles. The maximum absolute atomic E-state index is 11.1. The molecule has 0 bridgehead atoms. The Morgan fingerprint density at radius 2 is 1.82 bits per heavy atom. The highest BCUT2D eigenvalue weighted by Gasteiger charge is 2.12. The number of nitrogens with one attached hydrogen (secondary N) is 2. The monoisotopic (exact) mass is 507 g/mol. The number of aliphatic imine (C=N–C) groups is 1. The predicted octanol–water partition coefficient (Wildman–Crippen LogP) is 3.67. The molecule has 160 valence electrons. The molecule has 8 heteroatoms. The average molecular weight is 507 g/mol. The Morgan fingerprint density at radius 1 is 1.14 bits per heavy atom. The number of ether oxygens (including phenoxy) is 3. The van der Waals surface area contributed by atoms with Crippen molar-refractivity contribution >= 4 is 35.9 Å². The summed E-state index contributed by atoms with van der Waals surface area (Å²) >= 11 is 0. The van der Waals surface area contributed by atoms with Crippen molar-refractivity contribution in [1.82, 2.24) is 10.6 Å². The van der Waals surface area contributed by atoms with E-state index in [2.05, 4.69) is 27.3 Å². The minimum Gasteiger partial charge on any atom is -0.490 e. The van der Waals surface area contributed by atoms with E-state index in [4.69, 9.17) is 9.47 Å². The standard InChI is InChI=1S/C20H33N3O4.HI/c1-6-26-17-12-11-16(14-18(17)27-7-2)15(3)23-20(21-4)22-13-9-8-10-19(24)25-5;/h11-12,14-15H,6-10,13H2,1-5H3,(H2,21,22,23);1H. The molecule has 1 rings (SSSR count). The summed E-state index contributed by atoms with van der Waals surface area (Å²) in [6.45, 7) is 7.89. The fourth-order valence-corrected chi connectivity index (χ4v) is 2.52. The smallest absolute Gasteiger partial charge is 0.305 e. The van der Waals surface area contributed by atoms with Crippen LogP contribution in [0.15, 0.2) is 23.2 Å². The lowest BCUT2D eigenvalue weighted by atomic mass is 10.1. The molecule has 0 saturated carbocycles. The van der Waals surface area contributed by atoms with Crippen LogP contribution in [-0.4, -0.2) is 45.8 Å². The second-order valence-corrected chi connectivity index (χ2v) is 5.97. The van der Waals surface area contributed by atoms with Crippen molar-refractivity contribution in [3.8, 4) is 11.5 Å². The number of halogens is 1. The van der Waals surface area contributed by atoms with E-state index < -0.39 is 0 Å². The van der Waals surface area contributed by atoms with E-state index in [9.17, 15) is 4.79 Å². The Morgan fingerprint density at radius 3 is 2.43 bits per heavy atom. The van der Waals surface area contributed by atoms with Gasteiger partial charge in [0.2, 0.25) is 0 Å².